The number of aromatic nitrogens is 3. The zero-order valence-corrected chi connectivity index (χ0v) is 17.7. The van der Waals surface area contributed by atoms with E-state index in [4.69, 9.17) is 10.5 Å². The van der Waals surface area contributed by atoms with Crippen molar-refractivity contribution >= 4 is 21.7 Å². The van der Waals surface area contributed by atoms with E-state index < -0.39 is 6.10 Å². The van der Waals surface area contributed by atoms with Gasteiger partial charge in [-0.15, -0.1) is 0 Å². The van der Waals surface area contributed by atoms with Crippen LogP contribution < -0.4 is 15.8 Å². The predicted octanol–water partition coefficient (Wildman–Crippen LogP) is 4.49. The second-order valence-corrected chi connectivity index (χ2v) is 8.08. The van der Waals surface area contributed by atoms with E-state index in [0.717, 1.165) is 41.5 Å². The lowest BCUT2D eigenvalue weighted by Crippen LogP contribution is -2.29. The molecule has 3 heterocycles. The first kappa shape index (κ1) is 19.8. The molecular formula is C21H23BrFN5O. The van der Waals surface area contributed by atoms with Gasteiger partial charge in [0.2, 0.25) is 0 Å². The van der Waals surface area contributed by atoms with Crippen LogP contribution in [-0.2, 0) is 0 Å². The van der Waals surface area contributed by atoms with Gasteiger partial charge in [0.25, 0.3) is 0 Å². The second kappa shape index (κ2) is 8.51. The minimum atomic E-state index is -0.406. The number of ether oxygens (including phenoxy) is 1. The zero-order valence-electron chi connectivity index (χ0n) is 16.1. The molecule has 1 aliphatic rings. The molecule has 6 nitrogen and oxygen atoms in total. The molecule has 1 atom stereocenters. The Hall–Kier alpha value is -2.45. The summed E-state index contributed by atoms with van der Waals surface area (Å²) >= 11 is 3.45. The van der Waals surface area contributed by atoms with Gasteiger partial charge in [-0.2, -0.15) is 5.10 Å². The fourth-order valence-corrected chi connectivity index (χ4v) is 4.11. The molecule has 1 unspecified atom stereocenters. The number of benzene rings is 1. The van der Waals surface area contributed by atoms with E-state index in [2.05, 4.69) is 31.3 Å². The van der Waals surface area contributed by atoms with E-state index in [1.54, 1.807) is 12.3 Å². The molecule has 0 amide bonds. The molecule has 0 bridgehead atoms. The van der Waals surface area contributed by atoms with Gasteiger partial charge >= 0.3 is 0 Å². The van der Waals surface area contributed by atoms with Gasteiger partial charge in [-0.1, -0.05) is 15.9 Å². The Labute approximate surface area is 177 Å². The molecule has 1 aliphatic heterocycles. The minimum absolute atomic E-state index is 0.291. The lowest BCUT2D eigenvalue weighted by atomic mass is 10.1. The lowest BCUT2D eigenvalue weighted by Gasteiger charge is -2.22. The van der Waals surface area contributed by atoms with Gasteiger partial charge in [0.05, 0.1) is 12.2 Å². The number of nitrogens with two attached hydrogens (primary N) is 1. The molecule has 152 valence electrons. The van der Waals surface area contributed by atoms with Crippen molar-refractivity contribution in [1.82, 2.24) is 20.1 Å². The van der Waals surface area contributed by atoms with Crippen molar-refractivity contribution in [2.24, 2.45) is 0 Å². The van der Waals surface area contributed by atoms with Crippen molar-refractivity contribution in [2.45, 2.75) is 31.9 Å². The molecule has 1 aromatic carbocycles. The molecule has 8 heteroatoms. The Kier molecular flexibility index (Phi) is 5.82. The molecule has 1 fully saturated rings. The minimum Gasteiger partial charge on any atom is -0.482 e. The topological polar surface area (TPSA) is 78.0 Å². The molecule has 29 heavy (non-hydrogen) atoms. The number of pyridine rings is 1. The number of halogens is 2. The molecule has 2 aromatic heterocycles. The van der Waals surface area contributed by atoms with E-state index in [1.807, 2.05) is 30.1 Å². The first-order valence-corrected chi connectivity index (χ1v) is 10.4. The molecule has 3 N–H and O–H groups in total. The standard InChI is InChI=1S/C21H23BrFN5O/c1-13(18-9-16(23)2-3-19(18)22)29-20-8-14(10-26-21(20)24)15-11-27-28(12-15)17-4-6-25-7-5-17/h2-3,8-13,17,25H,4-7H2,1H3,(H2,24,26). The van der Waals surface area contributed by atoms with E-state index in [1.165, 1.54) is 12.1 Å². The van der Waals surface area contributed by atoms with Gasteiger partial charge in [0.1, 0.15) is 11.9 Å². The molecule has 4 rings (SSSR count). The first-order valence-electron chi connectivity index (χ1n) is 9.63. The SMILES string of the molecule is CC(Oc1cc(-c2cnn(C3CCNCC3)c2)cnc1N)c1cc(F)ccc1Br. The molecular weight excluding hydrogens is 437 g/mol. The van der Waals surface area contributed by atoms with Crippen LogP contribution in [0.2, 0.25) is 0 Å². The zero-order chi connectivity index (χ0) is 20.4. The van der Waals surface area contributed by atoms with Crippen molar-refractivity contribution in [3.05, 3.63) is 58.7 Å². The van der Waals surface area contributed by atoms with E-state index >= 15 is 0 Å². The normalized spacial score (nSPS) is 16.0. The van der Waals surface area contributed by atoms with Crippen LogP contribution in [0.15, 0.2) is 47.3 Å². The number of rotatable bonds is 5. The van der Waals surface area contributed by atoms with Crippen LogP contribution >= 0.6 is 15.9 Å². The summed E-state index contributed by atoms with van der Waals surface area (Å²) in [5.74, 6) is 0.434. The summed E-state index contributed by atoms with van der Waals surface area (Å²) in [6, 6.07) is 6.78. The highest BCUT2D eigenvalue weighted by molar-refractivity contribution is 9.10. The van der Waals surface area contributed by atoms with Crippen molar-refractivity contribution in [1.29, 1.82) is 0 Å². The van der Waals surface area contributed by atoms with Crippen molar-refractivity contribution in [3.8, 4) is 16.9 Å². The number of anilines is 1. The van der Waals surface area contributed by atoms with Crippen LogP contribution in [0, 0.1) is 5.82 Å². The summed E-state index contributed by atoms with van der Waals surface area (Å²) in [6.45, 7) is 3.87. The molecule has 0 radical (unpaired) electrons. The Morgan fingerprint density at radius 2 is 2.03 bits per heavy atom. The third-order valence-corrected chi connectivity index (χ3v) is 5.92. The van der Waals surface area contributed by atoms with Gasteiger partial charge in [0.15, 0.2) is 11.6 Å². The fourth-order valence-electron chi connectivity index (χ4n) is 3.55. The average Bonchev–Trinajstić information content (AvgIpc) is 3.22. The maximum Gasteiger partial charge on any atom is 0.166 e. The third kappa shape index (κ3) is 4.43. The molecule has 0 spiro atoms. The monoisotopic (exact) mass is 459 g/mol. The van der Waals surface area contributed by atoms with Crippen LogP contribution in [0.25, 0.3) is 11.1 Å². The first-order chi connectivity index (χ1) is 14.0. The van der Waals surface area contributed by atoms with Crippen molar-refractivity contribution in [3.63, 3.8) is 0 Å². The van der Waals surface area contributed by atoms with Crippen molar-refractivity contribution < 1.29 is 9.13 Å². The van der Waals surface area contributed by atoms with Crippen molar-refractivity contribution in [2.75, 3.05) is 18.8 Å². The number of nitrogen functional groups attached to an aromatic ring is 1. The largest absolute Gasteiger partial charge is 0.482 e. The number of nitrogens with one attached hydrogen (secondary N) is 1. The number of hydrogen-bond donors (Lipinski definition) is 2. The molecule has 0 saturated carbocycles. The molecule has 0 aliphatic carbocycles. The number of piperidine rings is 1. The summed E-state index contributed by atoms with van der Waals surface area (Å²) in [5, 5.41) is 7.91. The van der Waals surface area contributed by atoms with Crippen LogP contribution in [0.3, 0.4) is 0 Å². The smallest absolute Gasteiger partial charge is 0.166 e. The summed E-state index contributed by atoms with van der Waals surface area (Å²) < 4.78 is 22.5. The van der Waals surface area contributed by atoms with Gasteiger partial charge in [-0.25, -0.2) is 9.37 Å². The van der Waals surface area contributed by atoms with E-state index in [0.29, 0.717) is 23.2 Å². The summed E-state index contributed by atoms with van der Waals surface area (Å²) in [4.78, 5) is 4.28. The van der Waals surface area contributed by atoms with Crippen LogP contribution in [0.5, 0.6) is 5.75 Å². The van der Waals surface area contributed by atoms with Gasteiger partial charge in [-0.05, 0) is 57.1 Å². The van der Waals surface area contributed by atoms with E-state index in [-0.39, 0.29) is 5.82 Å². The van der Waals surface area contributed by atoms with E-state index in [9.17, 15) is 4.39 Å². The molecule has 1 saturated heterocycles. The highest BCUT2D eigenvalue weighted by Crippen LogP contribution is 2.33. The number of hydrogen-bond acceptors (Lipinski definition) is 5. The Balaban J connectivity index is 1.56. The summed E-state index contributed by atoms with van der Waals surface area (Å²) in [5.41, 5.74) is 8.57. The third-order valence-electron chi connectivity index (χ3n) is 5.20. The lowest BCUT2D eigenvalue weighted by molar-refractivity contribution is 0.226. The second-order valence-electron chi connectivity index (χ2n) is 7.22. The van der Waals surface area contributed by atoms with Gasteiger partial charge < -0.3 is 15.8 Å². The Morgan fingerprint density at radius 3 is 2.83 bits per heavy atom. The number of nitrogens with zero attached hydrogens (tertiary/aromatic N) is 3. The summed E-state index contributed by atoms with van der Waals surface area (Å²) in [7, 11) is 0. The fraction of sp³-hybridized carbons (Fsp3) is 0.333. The van der Waals surface area contributed by atoms with Gasteiger partial charge in [0, 0.05) is 33.6 Å². The van der Waals surface area contributed by atoms with Crippen LogP contribution in [-0.4, -0.2) is 27.9 Å². The highest BCUT2D eigenvalue weighted by atomic mass is 79.9. The Morgan fingerprint density at radius 1 is 1.24 bits per heavy atom. The summed E-state index contributed by atoms with van der Waals surface area (Å²) in [6.07, 6.45) is 7.32. The van der Waals surface area contributed by atoms with Crippen LogP contribution in [0.4, 0.5) is 10.2 Å². The predicted molar refractivity (Wildman–Crippen MR) is 114 cm³/mol. The highest BCUT2D eigenvalue weighted by Gasteiger charge is 2.18. The quantitative estimate of drug-likeness (QED) is 0.587. The van der Waals surface area contributed by atoms with Crippen LogP contribution in [0.1, 0.15) is 37.5 Å². The molecule has 3 aromatic rings. The average molecular weight is 460 g/mol. The Bertz CT molecular complexity index is 1000. The maximum atomic E-state index is 13.6. The van der Waals surface area contributed by atoms with Gasteiger partial charge in [-0.3, -0.25) is 4.68 Å². The maximum absolute atomic E-state index is 13.6.